The third-order valence-electron chi connectivity index (χ3n) is 1.83. The summed E-state index contributed by atoms with van der Waals surface area (Å²) in [5.41, 5.74) is 1.33. The number of hydrogen-bond donors (Lipinski definition) is 0. The van der Waals surface area contributed by atoms with Crippen LogP contribution < -0.4 is 0 Å². The van der Waals surface area contributed by atoms with Gasteiger partial charge < -0.3 is 0 Å². The summed E-state index contributed by atoms with van der Waals surface area (Å²) in [5, 5.41) is 0. The molecule has 2 unspecified atom stereocenters. The highest BCUT2D eigenvalue weighted by Crippen LogP contribution is 2.18. The quantitative estimate of drug-likeness (QED) is 0.471. The molecule has 1 heteroatoms. The lowest BCUT2D eigenvalue weighted by atomic mass is 9.94. The predicted molar refractivity (Wildman–Crippen MR) is 41.0 cm³/mol. The van der Waals surface area contributed by atoms with Crippen molar-refractivity contribution in [2.75, 3.05) is 0 Å². The van der Waals surface area contributed by atoms with Crippen molar-refractivity contribution in [1.29, 1.82) is 0 Å². The Morgan fingerprint density at radius 2 is 2.11 bits per heavy atom. The molecule has 0 aromatic heterocycles. The van der Waals surface area contributed by atoms with E-state index in [-0.39, 0.29) is 0 Å². The second-order valence-corrected chi connectivity index (χ2v) is 3.26. The highest BCUT2D eigenvalue weighted by molar-refractivity contribution is 5.82. The van der Waals surface area contributed by atoms with Gasteiger partial charge in [0.1, 0.15) is 0 Å². The van der Waals surface area contributed by atoms with Gasteiger partial charge in [0.25, 0.3) is 0 Å². The second kappa shape index (κ2) is 2.51. The summed E-state index contributed by atoms with van der Waals surface area (Å²) in [6.45, 7) is 6.62. The van der Waals surface area contributed by atoms with Crippen LogP contribution in [0.4, 0.5) is 0 Å². The van der Waals surface area contributed by atoms with Crippen LogP contribution in [-0.2, 0) is 0 Å². The SMILES string of the molecule is CC1=NC(C)CC(C)C1. The van der Waals surface area contributed by atoms with Crippen molar-refractivity contribution in [2.24, 2.45) is 10.9 Å². The van der Waals surface area contributed by atoms with Crippen molar-refractivity contribution in [3.05, 3.63) is 0 Å². The predicted octanol–water partition coefficient (Wildman–Crippen LogP) is 2.27. The van der Waals surface area contributed by atoms with E-state index >= 15 is 0 Å². The first-order chi connectivity index (χ1) is 4.18. The Balaban J connectivity index is 2.56. The zero-order valence-electron chi connectivity index (χ0n) is 6.52. The monoisotopic (exact) mass is 125 g/mol. The smallest absolute Gasteiger partial charge is 0.0473 e. The molecule has 9 heavy (non-hydrogen) atoms. The molecule has 0 saturated carbocycles. The molecule has 1 nitrogen and oxygen atoms in total. The summed E-state index contributed by atoms with van der Waals surface area (Å²) < 4.78 is 0. The lowest BCUT2D eigenvalue weighted by molar-refractivity contribution is 0.473. The summed E-state index contributed by atoms with van der Waals surface area (Å²) in [4.78, 5) is 4.45. The van der Waals surface area contributed by atoms with Gasteiger partial charge >= 0.3 is 0 Å². The molecule has 0 amide bonds. The summed E-state index contributed by atoms with van der Waals surface area (Å²) >= 11 is 0. The Hall–Kier alpha value is -0.330. The Bertz CT molecular complexity index is 127. The second-order valence-electron chi connectivity index (χ2n) is 3.26. The van der Waals surface area contributed by atoms with Gasteiger partial charge in [-0.2, -0.15) is 0 Å². The minimum Gasteiger partial charge on any atom is -0.291 e. The average molecular weight is 125 g/mol. The highest BCUT2D eigenvalue weighted by atomic mass is 14.8. The lowest BCUT2D eigenvalue weighted by Crippen LogP contribution is -2.16. The van der Waals surface area contributed by atoms with Crippen LogP contribution in [0.15, 0.2) is 4.99 Å². The fourth-order valence-electron chi connectivity index (χ4n) is 1.65. The molecule has 1 aliphatic heterocycles. The third kappa shape index (κ3) is 1.81. The summed E-state index contributed by atoms with van der Waals surface area (Å²) in [7, 11) is 0. The number of aliphatic imine (C=N–C) groups is 1. The standard InChI is InChI=1S/C8H15N/c1-6-4-7(2)9-8(3)5-6/h6-7H,4-5H2,1-3H3. The van der Waals surface area contributed by atoms with Gasteiger partial charge in [-0.25, -0.2) is 0 Å². The number of rotatable bonds is 0. The fraction of sp³-hybridized carbons (Fsp3) is 0.875. The summed E-state index contributed by atoms with van der Waals surface area (Å²) in [6, 6.07) is 0.578. The van der Waals surface area contributed by atoms with Gasteiger partial charge in [-0.1, -0.05) is 6.92 Å². The minimum absolute atomic E-state index is 0.578. The van der Waals surface area contributed by atoms with E-state index in [1.165, 1.54) is 18.6 Å². The van der Waals surface area contributed by atoms with Gasteiger partial charge in [0.2, 0.25) is 0 Å². The first-order valence-electron chi connectivity index (χ1n) is 3.71. The van der Waals surface area contributed by atoms with E-state index in [1.807, 2.05) is 0 Å². The molecule has 0 aromatic carbocycles. The molecule has 2 atom stereocenters. The Morgan fingerprint density at radius 1 is 1.44 bits per heavy atom. The maximum absolute atomic E-state index is 4.45. The van der Waals surface area contributed by atoms with E-state index in [1.54, 1.807) is 0 Å². The molecule has 0 aliphatic carbocycles. The number of nitrogens with zero attached hydrogens (tertiary/aromatic N) is 1. The maximum atomic E-state index is 4.45. The van der Waals surface area contributed by atoms with Crippen molar-refractivity contribution in [1.82, 2.24) is 0 Å². The first-order valence-corrected chi connectivity index (χ1v) is 3.71. The van der Waals surface area contributed by atoms with E-state index in [2.05, 4.69) is 25.8 Å². The zero-order chi connectivity index (χ0) is 6.85. The molecule has 1 rings (SSSR count). The molecule has 0 aromatic rings. The van der Waals surface area contributed by atoms with Crippen LogP contribution in [0, 0.1) is 5.92 Å². The van der Waals surface area contributed by atoms with Crippen molar-refractivity contribution in [3.8, 4) is 0 Å². The van der Waals surface area contributed by atoms with Gasteiger partial charge in [-0.15, -0.1) is 0 Å². The molecule has 0 bridgehead atoms. The fourth-order valence-corrected chi connectivity index (χ4v) is 1.65. The van der Waals surface area contributed by atoms with Crippen LogP contribution in [0.25, 0.3) is 0 Å². The summed E-state index contributed by atoms with van der Waals surface area (Å²) in [6.07, 6.45) is 2.49. The minimum atomic E-state index is 0.578. The van der Waals surface area contributed by atoms with Gasteiger partial charge in [0.05, 0.1) is 0 Å². The van der Waals surface area contributed by atoms with Crippen LogP contribution in [-0.4, -0.2) is 11.8 Å². The van der Waals surface area contributed by atoms with E-state index in [0.717, 1.165) is 5.92 Å². The third-order valence-corrected chi connectivity index (χ3v) is 1.83. The molecule has 0 fully saturated rings. The molecule has 0 saturated heterocycles. The topological polar surface area (TPSA) is 12.4 Å². The van der Waals surface area contributed by atoms with Crippen LogP contribution in [0.1, 0.15) is 33.6 Å². The normalized spacial score (nSPS) is 36.1. The Labute approximate surface area is 57.2 Å². The van der Waals surface area contributed by atoms with Crippen LogP contribution in [0.2, 0.25) is 0 Å². The molecule has 0 spiro atoms. The zero-order valence-corrected chi connectivity index (χ0v) is 6.52. The van der Waals surface area contributed by atoms with Crippen LogP contribution in [0.5, 0.6) is 0 Å². The lowest BCUT2D eigenvalue weighted by Gasteiger charge is -2.20. The van der Waals surface area contributed by atoms with Crippen LogP contribution >= 0.6 is 0 Å². The molecular weight excluding hydrogens is 110 g/mol. The van der Waals surface area contributed by atoms with Gasteiger partial charge in [0, 0.05) is 11.8 Å². The van der Waals surface area contributed by atoms with Gasteiger partial charge in [-0.05, 0) is 32.6 Å². The van der Waals surface area contributed by atoms with E-state index in [4.69, 9.17) is 0 Å². The maximum Gasteiger partial charge on any atom is 0.0473 e. The first kappa shape index (κ1) is 6.79. The molecule has 0 radical (unpaired) electrons. The van der Waals surface area contributed by atoms with Gasteiger partial charge in [0.15, 0.2) is 0 Å². The average Bonchev–Trinajstić information content (AvgIpc) is 1.59. The van der Waals surface area contributed by atoms with Crippen molar-refractivity contribution < 1.29 is 0 Å². The van der Waals surface area contributed by atoms with Crippen LogP contribution in [0.3, 0.4) is 0 Å². The Morgan fingerprint density at radius 3 is 2.56 bits per heavy atom. The molecule has 1 aliphatic rings. The van der Waals surface area contributed by atoms with Crippen molar-refractivity contribution in [2.45, 2.75) is 39.7 Å². The van der Waals surface area contributed by atoms with E-state index in [0.29, 0.717) is 6.04 Å². The number of hydrogen-bond acceptors (Lipinski definition) is 1. The highest BCUT2D eigenvalue weighted by Gasteiger charge is 2.13. The molecule has 1 heterocycles. The van der Waals surface area contributed by atoms with Crippen molar-refractivity contribution in [3.63, 3.8) is 0 Å². The van der Waals surface area contributed by atoms with E-state index < -0.39 is 0 Å². The molecule has 0 N–H and O–H groups in total. The molecule has 52 valence electrons. The van der Waals surface area contributed by atoms with E-state index in [9.17, 15) is 0 Å². The molecular formula is C8H15N. The largest absolute Gasteiger partial charge is 0.291 e. The summed E-state index contributed by atoms with van der Waals surface area (Å²) in [5.74, 6) is 0.859. The van der Waals surface area contributed by atoms with Gasteiger partial charge in [-0.3, -0.25) is 4.99 Å². The Kier molecular flexibility index (Phi) is 1.89. The van der Waals surface area contributed by atoms with Crippen molar-refractivity contribution >= 4 is 5.71 Å².